The number of carbonyl (C=O) groups excluding carboxylic acids is 1. The highest BCUT2D eigenvalue weighted by molar-refractivity contribution is 6.30. The van der Waals surface area contributed by atoms with Crippen LogP contribution in [-0.4, -0.2) is 42.0 Å². The first-order valence-corrected chi connectivity index (χ1v) is 8.17. The number of carbonyl (C=O) groups is 1. The number of hydrogen-bond donors (Lipinski definition) is 0. The molecule has 122 valence electrons. The summed E-state index contributed by atoms with van der Waals surface area (Å²) in [5.41, 5.74) is 1.52. The molecule has 1 aliphatic rings. The molecule has 2 aromatic rings. The molecule has 1 aromatic heterocycles. The standard InChI is InChI=1S/C18H17ClN4O/c19-16-4-1-14(2-5-16)11-18(24)23-9-7-22(8-10-23)17-6-3-15(12-20)13-21-17/h1-6,13H,7-11H2. The van der Waals surface area contributed by atoms with E-state index in [1.807, 2.05) is 23.1 Å². The van der Waals surface area contributed by atoms with Crippen LogP contribution < -0.4 is 4.90 Å². The lowest BCUT2D eigenvalue weighted by Gasteiger charge is -2.35. The maximum absolute atomic E-state index is 12.4. The van der Waals surface area contributed by atoms with E-state index >= 15 is 0 Å². The molecule has 0 radical (unpaired) electrons. The van der Waals surface area contributed by atoms with Crippen molar-refractivity contribution in [3.8, 4) is 6.07 Å². The highest BCUT2D eigenvalue weighted by atomic mass is 35.5. The molecule has 1 aliphatic heterocycles. The normalized spacial score (nSPS) is 14.3. The summed E-state index contributed by atoms with van der Waals surface area (Å²) >= 11 is 5.87. The van der Waals surface area contributed by atoms with Gasteiger partial charge in [-0.15, -0.1) is 0 Å². The predicted octanol–water partition coefficient (Wildman–Crippen LogP) is 2.50. The molecule has 1 amide bonds. The van der Waals surface area contributed by atoms with Gasteiger partial charge in [0.1, 0.15) is 11.9 Å². The van der Waals surface area contributed by atoms with Crippen molar-refractivity contribution in [2.24, 2.45) is 0 Å². The Bertz CT molecular complexity index is 744. The smallest absolute Gasteiger partial charge is 0.227 e. The zero-order chi connectivity index (χ0) is 16.9. The lowest BCUT2D eigenvalue weighted by Crippen LogP contribution is -2.49. The van der Waals surface area contributed by atoms with Gasteiger partial charge in [0.15, 0.2) is 0 Å². The topological polar surface area (TPSA) is 60.2 Å². The third kappa shape index (κ3) is 3.84. The second kappa shape index (κ2) is 7.33. The molecule has 1 saturated heterocycles. The van der Waals surface area contributed by atoms with E-state index in [9.17, 15) is 4.79 Å². The average molecular weight is 341 g/mol. The minimum Gasteiger partial charge on any atom is -0.353 e. The molecule has 6 heteroatoms. The molecular weight excluding hydrogens is 324 g/mol. The van der Waals surface area contributed by atoms with E-state index in [-0.39, 0.29) is 5.91 Å². The van der Waals surface area contributed by atoms with Gasteiger partial charge in [-0.2, -0.15) is 5.26 Å². The predicted molar refractivity (Wildman–Crippen MR) is 92.9 cm³/mol. The third-order valence-corrected chi connectivity index (χ3v) is 4.35. The largest absolute Gasteiger partial charge is 0.353 e. The van der Waals surface area contributed by atoms with E-state index in [0.29, 0.717) is 30.1 Å². The van der Waals surface area contributed by atoms with Gasteiger partial charge < -0.3 is 9.80 Å². The number of benzene rings is 1. The fourth-order valence-electron chi connectivity index (χ4n) is 2.71. The second-order valence-corrected chi connectivity index (χ2v) is 6.12. The Hall–Kier alpha value is -2.58. The SMILES string of the molecule is N#Cc1ccc(N2CCN(C(=O)Cc3ccc(Cl)cc3)CC2)nc1. The number of hydrogen-bond acceptors (Lipinski definition) is 4. The van der Waals surface area contributed by atoms with Crippen LogP contribution in [0.15, 0.2) is 42.6 Å². The number of halogens is 1. The van der Waals surface area contributed by atoms with Gasteiger partial charge in [-0.05, 0) is 29.8 Å². The molecule has 5 nitrogen and oxygen atoms in total. The van der Waals surface area contributed by atoms with Crippen LogP contribution in [0.4, 0.5) is 5.82 Å². The number of rotatable bonds is 3. The Balaban J connectivity index is 1.55. The van der Waals surface area contributed by atoms with E-state index < -0.39 is 0 Å². The van der Waals surface area contributed by atoms with E-state index in [1.54, 1.807) is 24.4 Å². The summed E-state index contributed by atoms with van der Waals surface area (Å²) in [6.07, 6.45) is 1.97. The van der Waals surface area contributed by atoms with Gasteiger partial charge in [0, 0.05) is 37.4 Å². The number of amides is 1. The number of nitrogens with zero attached hydrogens (tertiary/aromatic N) is 4. The number of nitriles is 1. The maximum Gasteiger partial charge on any atom is 0.227 e. The van der Waals surface area contributed by atoms with Gasteiger partial charge in [-0.25, -0.2) is 4.98 Å². The first kappa shape index (κ1) is 16.3. The zero-order valence-corrected chi connectivity index (χ0v) is 13.9. The molecule has 0 aliphatic carbocycles. The number of anilines is 1. The van der Waals surface area contributed by atoms with Crippen LogP contribution in [0.2, 0.25) is 5.02 Å². The van der Waals surface area contributed by atoms with Crippen LogP contribution in [0.1, 0.15) is 11.1 Å². The van der Waals surface area contributed by atoms with Gasteiger partial charge in [-0.3, -0.25) is 4.79 Å². The maximum atomic E-state index is 12.4. The van der Waals surface area contributed by atoms with E-state index in [1.165, 1.54) is 0 Å². The summed E-state index contributed by atoms with van der Waals surface area (Å²) in [4.78, 5) is 20.7. The molecule has 0 N–H and O–H groups in total. The molecule has 1 fully saturated rings. The van der Waals surface area contributed by atoms with Crippen molar-refractivity contribution in [1.82, 2.24) is 9.88 Å². The minimum atomic E-state index is 0.129. The fraction of sp³-hybridized carbons (Fsp3) is 0.278. The van der Waals surface area contributed by atoms with Crippen molar-refractivity contribution in [2.45, 2.75) is 6.42 Å². The quantitative estimate of drug-likeness (QED) is 0.861. The molecule has 1 aromatic carbocycles. The second-order valence-electron chi connectivity index (χ2n) is 5.69. The van der Waals surface area contributed by atoms with Crippen LogP contribution in [0.5, 0.6) is 0 Å². The summed E-state index contributed by atoms with van der Waals surface area (Å²) in [6, 6.07) is 13.1. The Morgan fingerprint density at radius 3 is 2.42 bits per heavy atom. The first-order chi connectivity index (χ1) is 11.7. The van der Waals surface area contributed by atoms with Crippen molar-refractivity contribution < 1.29 is 4.79 Å². The number of pyridine rings is 1. The number of aromatic nitrogens is 1. The molecule has 24 heavy (non-hydrogen) atoms. The van der Waals surface area contributed by atoms with Gasteiger partial charge >= 0.3 is 0 Å². The Morgan fingerprint density at radius 2 is 1.83 bits per heavy atom. The molecule has 0 unspecified atom stereocenters. The summed E-state index contributed by atoms with van der Waals surface area (Å²) in [5.74, 6) is 0.976. The monoisotopic (exact) mass is 340 g/mol. The van der Waals surface area contributed by atoms with Crippen molar-refractivity contribution in [3.05, 3.63) is 58.7 Å². The van der Waals surface area contributed by atoms with Gasteiger partial charge in [0.05, 0.1) is 12.0 Å². The van der Waals surface area contributed by atoms with Crippen LogP contribution in [0.25, 0.3) is 0 Å². The molecule has 2 heterocycles. The lowest BCUT2D eigenvalue weighted by molar-refractivity contribution is -0.130. The van der Waals surface area contributed by atoms with Crippen LogP contribution in [0, 0.1) is 11.3 Å². The Labute approximate surface area is 146 Å². The summed E-state index contributed by atoms with van der Waals surface area (Å²) < 4.78 is 0. The summed E-state index contributed by atoms with van der Waals surface area (Å²) in [5, 5.41) is 9.49. The molecule has 0 bridgehead atoms. The van der Waals surface area contributed by atoms with Gasteiger partial charge in [0.25, 0.3) is 0 Å². The summed E-state index contributed by atoms with van der Waals surface area (Å²) in [6.45, 7) is 2.83. The van der Waals surface area contributed by atoms with Crippen molar-refractivity contribution >= 4 is 23.3 Å². The first-order valence-electron chi connectivity index (χ1n) is 7.79. The van der Waals surface area contributed by atoms with Crippen molar-refractivity contribution in [3.63, 3.8) is 0 Å². The number of piperazine rings is 1. The van der Waals surface area contributed by atoms with Crippen LogP contribution >= 0.6 is 11.6 Å². The highest BCUT2D eigenvalue weighted by Gasteiger charge is 2.21. The van der Waals surface area contributed by atoms with Crippen LogP contribution in [0.3, 0.4) is 0 Å². The van der Waals surface area contributed by atoms with Crippen LogP contribution in [-0.2, 0) is 11.2 Å². The van der Waals surface area contributed by atoms with E-state index in [0.717, 1.165) is 24.5 Å². The Morgan fingerprint density at radius 1 is 1.12 bits per heavy atom. The van der Waals surface area contributed by atoms with Gasteiger partial charge in [-0.1, -0.05) is 23.7 Å². The molecule has 0 spiro atoms. The van der Waals surface area contributed by atoms with E-state index in [2.05, 4.69) is 16.0 Å². The van der Waals surface area contributed by atoms with Crippen molar-refractivity contribution in [1.29, 1.82) is 5.26 Å². The third-order valence-electron chi connectivity index (χ3n) is 4.10. The fourth-order valence-corrected chi connectivity index (χ4v) is 2.84. The molecular formula is C18H17ClN4O. The van der Waals surface area contributed by atoms with Gasteiger partial charge in [0.2, 0.25) is 5.91 Å². The minimum absolute atomic E-state index is 0.129. The summed E-state index contributed by atoms with van der Waals surface area (Å²) in [7, 11) is 0. The van der Waals surface area contributed by atoms with Crippen molar-refractivity contribution in [2.75, 3.05) is 31.1 Å². The molecule has 0 atom stereocenters. The average Bonchev–Trinajstić information content (AvgIpc) is 2.64. The molecule has 3 rings (SSSR count). The van der Waals surface area contributed by atoms with E-state index in [4.69, 9.17) is 16.9 Å². The zero-order valence-electron chi connectivity index (χ0n) is 13.2. The highest BCUT2D eigenvalue weighted by Crippen LogP contribution is 2.15. The molecule has 0 saturated carbocycles. The Kier molecular flexibility index (Phi) is 4.97. The lowest BCUT2D eigenvalue weighted by atomic mass is 10.1.